The summed E-state index contributed by atoms with van der Waals surface area (Å²) in [6.45, 7) is 1.67. The number of benzene rings is 3. The van der Waals surface area contributed by atoms with Gasteiger partial charge in [0.25, 0.3) is 5.91 Å². The number of nitrogens with zero attached hydrogens (tertiary/aromatic N) is 4. The molecule has 0 bridgehead atoms. The maximum absolute atomic E-state index is 14.3. The molecule has 0 fully saturated rings. The molecule has 2 heterocycles. The number of carbonyl (C=O) groups excluding carboxylic acids is 1. The molecule has 1 amide bonds. The SMILES string of the molecule is Cc1ccc2oc(CN(Cc3ccccc3Cl)C(=O)c3cnn(-c4ccccc4)c3C(F)(F)F)nc2c1. The van der Waals surface area contributed by atoms with Gasteiger partial charge in [0, 0.05) is 11.6 Å². The Morgan fingerprint density at radius 1 is 1.03 bits per heavy atom. The zero-order valence-electron chi connectivity index (χ0n) is 19.5. The second kappa shape index (κ2) is 9.74. The van der Waals surface area contributed by atoms with E-state index in [4.69, 9.17) is 16.0 Å². The Morgan fingerprint density at radius 2 is 1.76 bits per heavy atom. The summed E-state index contributed by atoms with van der Waals surface area (Å²) in [6, 6.07) is 20.1. The Balaban J connectivity index is 1.57. The topological polar surface area (TPSA) is 64.2 Å². The molecule has 0 aliphatic rings. The predicted octanol–water partition coefficient (Wildman–Crippen LogP) is 6.84. The van der Waals surface area contributed by atoms with Crippen LogP contribution >= 0.6 is 11.6 Å². The van der Waals surface area contributed by atoms with Crippen LogP contribution in [0, 0.1) is 6.92 Å². The number of oxazole rings is 1. The highest BCUT2D eigenvalue weighted by molar-refractivity contribution is 6.31. The zero-order valence-corrected chi connectivity index (χ0v) is 20.3. The first-order valence-electron chi connectivity index (χ1n) is 11.3. The number of aromatic nitrogens is 3. The zero-order chi connectivity index (χ0) is 26.2. The molecule has 0 saturated carbocycles. The van der Waals surface area contributed by atoms with Crippen LogP contribution in [0.25, 0.3) is 16.8 Å². The molecule has 0 radical (unpaired) electrons. The highest BCUT2D eigenvalue weighted by Crippen LogP contribution is 2.35. The molecular formula is C27H20ClF3N4O2. The van der Waals surface area contributed by atoms with Gasteiger partial charge >= 0.3 is 6.18 Å². The van der Waals surface area contributed by atoms with Crippen molar-refractivity contribution in [1.82, 2.24) is 19.7 Å². The number of fused-ring (bicyclic) bond motifs is 1. The summed E-state index contributed by atoms with van der Waals surface area (Å²) >= 11 is 6.32. The lowest BCUT2D eigenvalue weighted by molar-refractivity contribution is -0.143. The van der Waals surface area contributed by atoms with Gasteiger partial charge in [-0.1, -0.05) is 54.1 Å². The van der Waals surface area contributed by atoms with E-state index in [9.17, 15) is 18.0 Å². The van der Waals surface area contributed by atoms with Crippen LogP contribution in [0.2, 0.25) is 5.02 Å². The molecule has 10 heteroatoms. The maximum Gasteiger partial charge on any atom is 0.434 e. The van der Waals surface area contributed by atoms with Crippen molar-refractivity contribution in [1.29, 1.82) is 0 Å². The number of rotatable bonds is 6. The van der Waals surface area contributed by atoms with E-state index in [2.05, 4.69) is 10.1 Å². The van der Waals surface area contributed by atoms with E-state index < -0.39 is 23.3 Å². The van der Waals surface area contributed by atoms with E-state index >= 15 is 0 Å². The van der Waals surface area contributed by atoms with Crippen molar-refractivity contribution in [3.8, 4) is 5.69 Å². The first kappa shape index (κ1) is 24.6. The summed E-state index contributed by atoms with van der Waals surface area (Å²) < 4.78 is 49.3. The second-order valence-corrected chi connectivity index (χ2v) is 8.89. The Morgan fingerprint density at radius 3 is 2.49 bits per heavy atom. The molecule has 0 aliphatic carbocycles. The summed E-state index contributed by atoms with van der Waals surface area (Å²) in [5.41, 5.74) is 1.07. The van der Waals surface area contributed by atoms with Gasteiger partial charge in [0.2, 0.25) is 5.89 Å². The fourth-order valence-corrected chi connectivity index (χ4v) is 4.26. The third-order valence-electron chi connectivity index (χ3n) is 5.79. The minimum Gasteiger partial charge on any atom is -0.439 e. The standard InChI is InChI=1S/C27H20ClF3N4O2/c1-17-11-12-23-22(13-17)33-24(37-23)16-34(15-18-7-5-6-10-21(18)28)26(36)20-14-32-35(25(20)27(29,30)31)19-8-3-2-4-9-19/h2-14H,15-16H2,1H3. The molecule has 2 aromatic heterocycles. The highest BCUT2D eigenvalue weighted by Gasteiger charge is 2.41. The minimum atomic E-state index is -4.84. The molecule has 3 aromatic carbocycles. The van der Waals surface area contributed by atoms with E-state index in [1.807, 2.05) is 19.1 Å². The van der Waals surface area contributed by atoms with Crippen LogP contribution in [0.1, 0.15) is 33.1 Å². The molecular weight excluding hydrogens is 505 g/mol. The lowest BCUT2D eigenvalue weighted by Crippen LogP contribution is -2.32. The Bertz CT molecular complexity index is 1580. The summed E-state index contributed by atoms with van der Waals surface area (Å²) in [7, 11) is 0. The molecule has 5 aromatic rings. The average Bonchev–Trinajstić information content (AvgIpc) is 3.49. The van der Waals surface area contributed by atoms with Gasteiger partial charge in [0.15, 0.2) is 11.3 Å². The number of para-hydroxylation sites is 1. The Kier molecular flexibility index (Phi) is 6.47. The van der Waals surface area contributed by atoms with Crippen LogP contribution in [-0.4, -0.2) is 25.6 Å². The normalized spacial score (nSPS) is 11.7. The largest absolute Gasteiger partial charge is 0.439 e. The van der Waals surface area contributed by atoms with E-state index in [-0.39, 0.29) is 24.7 Å². The molecule has 0 N–H and O–H groups in total. The fourth-order valence-electron chi connectivity index (χ4n) is 4.06. The summed E-state index contributed by atoms with van der Waals surface area (Å²) in [6.07, 6.45) is -3.91. The highest BCUT2D eigenvalue weighted by atomic mass is 35.5. The van der Waals surface area contributed by atoms with E-state index in [0.717, 1.165) is 16.4 Å². The van der Waals surface area contributed by atoms with E-state index in [1.165, 1.54) is 17.0 Å². The van der Waals surface area contributed by atoms with Crippen molar-refractivity contribution < 1.29 is 22.4 Å². The van der Waals surface area contributed by atoms with Gasteiger partial charge < -0.3 is 9.32 Å². The van der Waals surface area contributed by atoms with E-state index in [0.29, 0.717) is 21.7 Å². The smallest absolute Gasteiger partial charge is 0.434 e. The average molecular weight is 525 g/mol. The monoisotopic (exact) mass is 524 g/mol. The molecule has 0 unspecified atom stereocenters. The molecule has 6 nitrogen and oxygen atoms in total. The van der Waals surface area contributed by atoms with Crippen LogP contribution in [0.5, 0.6) is 0 Å². The first-order valence-corrected chi connectivity index (χ1v) is 11.7. The molecule has 0 aliphatic heterocycles. The molecule has 0 spiro atoms. The number of aryl methyl sites for hydroxylation is 1. The van der Waals surface area contributed by atoms with E-state index in [1.54, 1.807) is 48.5 Å². The van der Waals surface area contributed by atoms with Gasteiger partial charge in [-0.05, 0) is 48.4 Å². The van der Waals surface area contributed by atoms with Gasteiger partial charge in [-0.2, -0.15) is 18.3 Å². The number of hydrogen-bond donors (Lipinski definition) is 0. The summed E-state index contributed by atoms with van der Waals surface area (Å²) in [4.78, 5) is 19.4. The Hall–Kier alpha value is -4.11. The maximum atomic E-state index is 14.3. The van der Waals surface area contributed by atoms with Crippen molar-refractivity contribution in [3.63, 3.8) is 0 Å². The van der Waals surface area contributed by atoms with Crippen molar-refractivity contribution in [2.75, 3.05) is 0 Å². The number of hydrogen-bond acceptors (Lipinski definition) is 4. The van der Waals surface area contributed by atoms with Gasteiger partial charge in [0.05, 0.1) is 24.0 Å². The van der Waals surface area contributed by atoms with Crippen molar-refractivity contribution in [2.24, 2.45) is 0 Å². The summed E-state index contributed by atoms with van der Waals surface area (Å²) in [5, 5.41) is 4.30. The van der Waals surface area contributed by atoms with Crippen LogP contribution in [0.15, 0.2) is 83.4 Å². The predicted molar refractivity (Wildman–Crippen MR) is 132 cm³/mol. The number of halogens is 4. The molecule has 5 rings (SSSR count). The molecule has 0 atom stereocenters. The van der Waals surface area contributed by atoms with Crippen molar-refractivity contribution >= 4 is 28.6 Å². The minimum absolute atomic E-state index is 0.0654. The van der Waals surface area contributed by atoms with Crippen LogP contribution < -0.4 is 0 Å². The van der Waals surface area contributed by atoms with Gasteiger partial charge in [-0.25, -0.2) is 9.67 Å². The second-order valence-electron chi connectivity index (χ2n) is 8.48. The number of carbonyl (C=O) groups is 1. The van der Waals surface area contributed by atoms with Crippen LogP contribution in [-0.2, 0) is 19.3 Å². The van der Waals surface area contributed by atoms with Crippen LogP contribution in [0.3, 0.4) is 0 Å². The fraction of sp³-hybridized carbons (Fsp3) is 0.148. The van der Waals surface area contributed by atoms with Gasteiger partial charge in [-0.3, -0.25) is 4.79 Å². The number of amides is 1. The lowest BCUT2D eigenvalue weighted by Gasteiger charge is -2.22. The Labute approximate surface area is 214 Å². The number of alkyl halides is 3. The molecule has 188 valence electrons. The van der Waals surface area contributed by atoms with Gasteiger partial charge in [-0.15, -0.1) is 0 Å². The first-order chi connectivity index (χ1) is 17.7. The summed E-state index contributed by atoms with van der Waals surface area (Å²) in [5.74, 6) is -0.696. The van der Waals surface area contributed by atoms with Crippen molar-refractivity contribution in [2.45, 2.75) is 26.2 Å². The third-order valence-corrected chi connectivity index (χ3v) is 6.16. The van der Waals surface area contributed by atoms with Crippen molar-refractivity contribution in [3.05, 3.63) is 112 Å². The third kappa shape index (κ3) is 5.08. The lowest BCUT2D eigenvalue weighted by atomic mass is 10.1. The molecule has 37 heavy (non-hydrogen) atoms. The quantitative estimate of drug-likeness (QED) is 0.244. The van der Waals surface area contributed by atoms with Crippen LogP contribution in [0.4, 0.5) is 13.2 Å². The van der Waals surface area contributed by atoms with Gasteiger partial charge in [0.1, 0.15) is 5.52 Å². The molecule has 0 saturated heterocycles.